The van der Waals surface area contributed by atoms with Gasteiger partial charge in [-0.05, 0) is 40.2 Å². The Morgan fingerprint density at radius 2 is 1.49 bits per heavy atom. The molecule has 3 aromatic carbocycles. The van der Waals surface area contributed by atoms with Crippen molar-refractivity contribution in [1.82, 2.24) is 5.32 Å². The van der Waals surface area contributed by atoms with E-state index < -0.39 is 30.2 Å². The molecule has 1 aliphatic rings. The van der Waals surface area contributed by atoms with Gasteiger partial charge in [-0.2, -0.15) is 0 Å². The van der Waals surface area contributed by atoms with Gasteiger partial charge in [-0.15, -0.1) is 0 Å². The molecule has 0 spiro atoms. The van der Waals surface area contributed by atoms with Crippen molar-refractivity contribution < 1.29 is 33.8 Å². The molecule has 0 saturated heterocycles. The fraction of sp³-hybridized carbons (Fsp3) is 0.297. The number of hydrogen-bond donors (Lipinski definition) is 2. The number of benzene rings is 3. The molecule has 0 bridgehead atoms. The normalized spacial score (nSPS) is 14.5. The second-order valence-corrected chi connectivity index (χ2v) is 11.6. The predicted molar refractivity (Wildman–Crippen MR) is 173 cm³/mol. The van der Waals surface area contributed by atoms with Crippen LogP contribution in [0.3, 0.4) is 0 Å². The Bertz CT molecular complexity index is 1510. The molecule has 0 fully saturated rings. The quantitative estimate of drug-likeness (QED) is 0.114. The highest BCUT2D eigenvalue weighted by Crippen LogP contribution is 2.44. The lowest BCUT2D eigenvalue weighted by molar-refractivity contribution is -0.153. The number of carbonyl (C=O) groups excluding carboxylic acids is 3. The smallest absolute Gasteiger partial charge is 0.407 e. The SMILES string of the molecule is CC(C)CC(NC(=O)OCC1c2ccccc2-c2ccccc21)C(=O)OC(CC=CC(=O)O)C(C)C=Cc1ccc(C=O)cc1. The standard InChI is InChI=1S/C37H39NO7/c1-24(2)21-33(38-37(43)44-23-32-30-11-6-4-9-28(30)29-10-5-7-12-31(29)32)36(42)45-34(13-8-14-35(40)41)25(3)15-16-26-17-19-27(22-39)20-18-26/h4-12,14-20,22,24-25,32-34H,13,21,23H2,1-3H3,(H,38,43)(H,40,41). The number of carboxylic acid groups (broad SMARTS) is 1. The number of aliphatic carboxylic acids is 1. The molecular formula is C37H39NO7. The molecule has 0 saturated carbocycles. The molecule has 234 valence electrons. The summed E-state index contributed by atoms with van der Waals surface area (Å²) in [7, 11) is 0. The van der Waals surface area contributed by atoms with E-state index in [9.17, 15) is 19.2 Å². The van der Waals surface area contributed by atoms with Crippen LogP contribution in [0.4, 0.5) is 4.79 Å². The number of aldehydes is 1. The van der Waals surface area contributed by atoms with Gasteiger partial charge in [-0.3, -0.25) is 4.79 Å². The molecule has 4 rings (SSSR count). The van der Waals surface area contributed by atoms with Gasteiger partial charge in [0.15, 0.2) is 0 Å². The first-order chi connectivity index (χ1) is 21.7. The van der Waals surface area contributed by atoms with Crippen molar-refractivity contribution in [3.8, 4) is 11.1 Å². The lowest BCUT2D eigenvalue weighted by Gasteiger charge is -2.25. The van der Waals surface area contributed by atoms with Gasteiger partial charge in [0.05, 0.1) is 0 Å². The van der Waals surface area contributed by atoms with Crippen LogP contribution < -0.4 is 5.32 Å². The monoisotopic (exact) mass is 609 g/mol. The molecule has 0 aromatic heterocycles. The average molecular weight is 610 g/mol. The number of fused-ring (bicyclic) bond motifs is 3. The first kappa shape index (κ1) is 32.9. The largest absolute Gasteiger partial charge is 0.478 e. The van der Waals surface area contributed by atoms with Crippen LogP contribution in [-0.2, 0) is 19.1 Å². The highest BCUT2D eigenvalue weighted by Gasteiger charge is 2.31. The van der Waals surface area contributed by atoms with E-state index >= 15 is 0 Å². The Hall–Kier alpha value is -4.98. The lowest BCUT2D eigenvalue weighted by atomic mass is 9.98. The van der Waals surface area contributed by atoms with E-state index in [0.29, 0.717) is 12.0 Å². The predicted octanol–water partition coefficient (Wildman–Crippen LogP) is 7.04. The number of ether oxygens (including phenoxy) is 2. The van der Waals surface area contributed by atoms with Gasteiger partial charge in [-0.1, -0.05) is 112 Å². The molecule has 1 aliphatic carbocycles. The van der Waals surface area contributed by atoms with Crippen molar-refractivity contribution in [2.24, 2.45) is 11.8 Å². The summed E-state index contributed by atoms with van der Waals surface area (Å²) in [6.07, 6.45) is 6.01. The van der Waals surface area contributed by atoms with Crippen molar-refractivity contribution in [3.63, 3.8) is 0 Å². The maximum Gasteiger partial charge on any atom is 0.407 e. The molecule has 8 nitrogen and oxygen atoms in total. The third-order valence-corrected chi connectivity index (χ3v) is 7.77. The van der Waals surface area contributed by atoms with Gasteiger partial charge in [0.2, 0.25) is 0 Å². The van der Waals surface area contributed by atoms with E-state index in [1.807, 2.05) is 69.3 Å². The van der Waals surface area contributed by atoms with Gasteiger partial charge in [0.25, 0.3) is 0 Å². The van der Waals surface area contributed by atoms with Gasteiger partial charge < -0.3 is 19.9 Å². The highest BCUT2D eigenvalue weighted by atomic mass is 16.6. The molecule has 45 heavy (non-hydrogen) atoms. The van der Waals surface area contributed by atoms with Crippen molar-refractivity contribution in [1.29, 1.82) is 0 Å². The Labute approximate surface area is 263 Å². The van der Waals surface area contributed by atoms with Crippen LogP contribution in [0.25, 0.3) is 17.2 Å². The Morgan fingerprint density at radius 3 is 2.07 bits per heavy atom. The van der Waals surface area contributed by atoms with Crippen LogP contribution in [0.1, 0.15) is 66.6 Å². The van der Waals surface area contributed by atoms with Crippen molar-refractivity contribution in [2.45, 2.75) is 51.7 Å². The van der Waals surface area contributed by atoms with E-state index in [1.54, 1.807) is 24.3 Å². The van der Waals surface area contributed by atoms with Crippen molar-refractivity contribution in [3.05, 3.63) is 113 Å². The molecule has 8 heteroatoms. The Kier molecular flexibility index (Phi) is 11.5. The number of hydrogen-bond acceptors (Lipinski definition) is 6. The zero-order valence-corrected chi connectivity index (χ0v) is 25.7. The van der Waals surface area contributed by atoms with Crippen molar-refractivity contribution in [2.75, 3.05) is 6.61 Å². The summed E-state index contributed by atoms with van der Waals surface area (Å²) in [4.78, 5) is 48.5. The van der Waals surface area contributed by atoms with Gasteiger partial charge in [-0.25, -0.2) is 14.4 Å². The molecule has 0 radical (unpaired) electrons. The molecule has 0 aliphatic heterocycles. The van der Waals surface area contributed by atoms with Crippen LogP contribution in [0, 0.1) is 11.8 Å². The average Bonchev–Trinajstić information content (AvgIpc) is 3.35. The third kappa shape index (κ3) is 9.01. The molecule has 2 N–H and O–H groups in total. The third-order valence-electron chi connectivity index (χ3n) is 7.77. The summed E-state index contributed by atoms with van der Waals surface area (Å²) in [6.45, 7) is 5.85. The summed E-state index contributed by atoms with van der Waals surface area (Å²) in [5.74, 6) is -2.08. The van der Waals surface area contributed by atoms with Crippen LogP contribution >= 0.6 is 0 Å². The van der Waals surface area contributed by atoms with E-state index in [2.05, 4.69) is 17.4 Å². The minimum absolute atomic E-state index is 0.0634. The zero-order valence-electron chi connectivity index (χ0n) is 25.7. The number of amides is 1. The number of carbonyl (C=O) groups is 4. The zero-order chi connectivity index (χ0) is 32.3. The molecule has 3 aromatic rings. The number of alkyl carbamates (subject to hydrolysis) is 1. The fourth-order valence-electron chi connectivity index (χ4n) is 5.44. The number of carboxylic acids is 1. The molecule has 3 unspecified atom stereocenters. The summed E-state index contributed by atoms with van der Waals surface area (Å²) < 4.78 is 11.6. The van der Waals surface area contributed by atoms with E-state index in [1.165, 1.54) is 6.08 Å². The molecule has 1 amide bonds. The maximum atomic E-state index is 13.5. The fourth-order valence-corrected chi connectivity index (χ4v) is 5.44. The highest BCUT2D eigenvalue weighted by molar-refractivity contribution is 5.82. The van der Waals surface area contributed by atoms with Crippen LogP contribution in [-0.4, -0.2) is 48.2 Å². The second kappa shape index (κ2) is 15.7. The Balaban J connectivity index is 1.43. The lowest BCUT2D eigenvalue weighted by Crippen LogP contribution is -2.44. The summed E-state index contributed by atoms with van der Waals surface area (Å²) in [5, 5.41) is 11.8. The van der Waals surface area contributed by atoms with Crippen LogP contribution in [0.15, 0.2) is 91.0 Å². The van der Waals surface area contributed by atoms with Gasteiger partial charge in [0, 0.05) is 29.9 Å². The van der Waals surface area contributed by atoms with Crippen LogP contribution in [0.2, 0.25) is 0 Å². The first-order valence-electron chi connectivity index (χ1n) is 15.1. The minimum atomic E-state index is -1.10. The molecular weight excluding hydrogens is 570 g/mol. The minimum Gasteiger partial charge on any atom is -0.478 e. The summed E-state index contributed by atoms with van der Waals surface area (Å²) in [6, 6.07) is 22.2. The molecule has 0 heterocycles. The van der Waals surface area contributed by atoms with Gasteiger partial charge in [0.1, 0.15) is 25.0 Å². The molecule has 3 atom stereocenters. The number of esters is 1. The Morgan fingerprint density at radius 1 is 0.889 bits per heavy atom. The first-order valence-corrected chi connectivity index (χ1v) is 15.1. The van der Waals surface area contributed by atoms with E-state index in [-0.39, 0.29) is 30.8 Å². The summed E-state index contributed by atoms with van der Waals surface area (Å²) in [5.41, 5.74) is 5.83. The topological polar surface area (TPSA) is 119 Å². The van der Waals surface area contributed by atoms with Gasteiger partial charge >= 0.3 is 18.0 Å². The second-order valence-electron chi connectivity index (χ2n) is 11.6. The number of nitrogens with one attached hydrogen (secondary N) is 1. The van der Waals surface area contributed by atoms with E-state index in [4.69, 9.17) is 14.6 Å². The number of rotatable bonds is 14. The van der Waals surface area contributed by atoms with Crippen molar-refractivity contribution >= 4 is 30.4 Å². The summed E-state index contributed by atoms with van der Waals surface area (Å²) >= 11 is 0. The van der Waals surface area contributed by atoms with E-state index in [0.717, 1.165) is 40.2 Å². The van der Waals surface area contributed by atoms with Crippen LogP contribution in [0.5, 0.6) is 0 Å². The maximum absolute atomic E-state index is 13.5.